The lowest BCUT2D eigenvalue weighted by molar-refractivity contribution is 1.08. The second-order valence-corrected chi connectivity index (χ2v) is 15.7. The molecule has 3 heterocycles. The highest BCUT2D eigenvalue weighted by Crippen LogP contribution is 2.42. The minimum atomic E-state index is 0.676. The Morgan fingerprint density at radius 1 is 0.418 bits per heavy atom. The first-order valence-corrected chi connectivity index (χ1v) is 19.6. The van der Waals surface area contributed by atoms with Gasteiger partial charge in [0.1, 0.15) is 39.2 Å². The van der Waals surface area contributed by atoms with Crippen molar-refractivity contribution in [2.75, 3.05) is 0 Å². The second-order valence-electron chi connectivity index (χ2n) is 14.6. The van der Waals surface area contributed by atoms with Gasteiger partial charge in [-0.25, -0.2) is 15.0 Å². The summed E-state index contributed by atoms with van der Waals surface area (Å²) >= 11 is 1.82. The van der Waals surface area contributed by atoms with Crippen LogP contribution in [0.15, 0.2) is 140 Å². The summed E-state index contributed by atoms with van der Waals surface area (Å²) in [6.07, 6.45) is 0. The van der Waals surface area contributed by atoms with Crippen molar-refractivity contribution < 1.29 is 0 Å². The van der Waals surface area contributed by atoms with Gasteiger partial charge < -0.3 is 4.57 Å². The van der Waals surface area contributed by atoms with Crippen LogP contribution in [-0.2, 0) is 0 Å². The molecular formula is C45H33B5N4S. The first-order chi connectivity index (χ1) is 26.9. The van der Waals surface area contributed by atoms with Crippen molar-refractivity contribution in [3.05, 3.63) is 140 Å². The van der Waals surface area contributed by atoms with Gasteiger partial charge in [-0.1, -0.05) is 102 Å². The minimum Gasteiger partial charge on any atom is -0.309 e. The van der Waals surface area contributed by atoms with Crippen molar-refractivity contribution in [1.82, 2.24) is 19.5 Å². The Labute approximate surface area is 328 Å². The first-order valence-electron chi connectivity index (χ1n) is 18.8. The third-order valence-electron chi connectivity index (χ3n) is 11.6. The van der Waals surface area contributed by atoms with Crippen molar-refractivity contribution >= 4 is 120 Å². The van der Waals surface area contributed by atoms with Gasteiger partial charge >= 0.3 is 0 Å². The fourth-order valence-corrected chi connectivity index (χ4v) is 9.47. The standard InChI is InChI=1S/C45H33B5N4S/c46-38-37(39(47)41(49)42(50)40(38)48)45-52-43(24-10-3-1-4-11-24)51-44(53-45)29-15-9-17-35-36(29)31-23-26(19-21-34(31)55-35)25-18-20-33-30(22-25)28-14-7-8-16-32(28)54(33)27-12-5-2-6-13-27/h1-23H,46-50H2. The van der Waals surface area contributed by atoms with Crippen LogP contribution in [0.2, 0.25) is 0 Å². The minimum absolute atomic E-state index is 0.676. The lowest BCUT2D eigenvalue weighted by atomic mass is 9.60. The summed E-state index contributed by atoms with van der Waals surface area (Å²) in [7, 11) is 11.0. The van der Waals surface area contributed by atoms with Gasteiger partial charge in [0.05, 0.1) is 11.0 Å². The number of nitrogens with zero attached hydrogens (tertiary/aromatic N) is 4. The van der Waals surface area contributed by atoms with Gasteiger partial charge in [0.25, 0.3) is 0 Å². The van der Waals surface area contributed by atoms with Gasteiger partial charge in [0.15, 0.2) is 17.5 Å². The molecule has 0 bridgehead atoms. The average Bonchev–Trinajstić information content (AvgIpc) is 3.78. The largest absolute Gasteiger partial charge is 0.309 e. The SMILES string of the molecule is Bc1c(B)c(B)c(-c2nc(-c3ccccc3)nc(-c3cccc4sc5ccc(-c6ccc7c(c6)c6ccccc6n7-c6ccccc6)cc5c34)n2)c(B)c1B. The Morgan fingerprint density at radius 3 is 1.78 bits per heavy atom. The molecule has 0 amide bonds. The zero-order valence-corrected chi connectivity index (χ0v) is 32.3. The van der Waals surface area contributed by atoms with E-state index in [1.807, 2.05) is 29.5 Å². The van der Waals surface area contributed by atoms with E-state index in [0.717, 1.165) is 22.4 Å². The molecule has 0 N–H and O–H groups in total. The highest BCUT2D eigenvalue weighted by molar-refractivity contribution is 7.26. The van der Waals surface area contributed by atoms with E-state index in [1.54, 1.807) is 0 Å². The number of fused-ring (bicyclic) bond motifs is 6. The monoisotopic (exact) mass is 716 g/mol. The van der Waals surface area contributed by atoms with Crippen molar-refractivity contribution in [3.8, 4) is 51.0 Å². The second kappa shape index (κ2) is 13.0. The van der Waals surface area contributed by atoms with Crippen LogP contribution in [0.4, 0.5) is 0 Å². The number of benzene rings is 7. The summed E-state index contributed by atoms with van der Waals surface area (Å²) in [5.74, 6) is 2.07. The third-order valence-corrected chi connectivity index (χ3v) is 12.8. The number of thiophene rings is 1. The van der Waals surface area contributed by atoms with Crippen LogP contribution in [0.25, 0.3) is 93.0 Å². The molecule has 0 saturated carbocycles. The molecule has 0 unspecified atom stereocenters. The Kier molecular flexibility index (Phi) is 7.93. The summed E-state index contributed by atoms with van der Waals surface area (Å²) in [6.45, 7) is 0. The third kappa shape index (κ3) is 5.38. The van der Waals surface area contributed by atoms with Gasteiger partial charge in [-0.2, -0.15) is 0 Å². The Bertz CT molecular complexity index is 3130. The van der Waals surface area contributed by atoms with Crippen molar-refractivity contribution in [2.24, 2.45) is 0 Å². The van der Waals surface area contributed by atoms with Crippen LogP contribution < -0.4 is 27.3 Å². The maximum absolute atomic E-state index is 5.32. The topological polar surface area (TPSA) is 43.6 Å². The maximum Gasteiger partial charge on any atom is 0.164 e. The predicted molar refractivity (Wildman–Crippen MR) is 250 cm³/mol. The molecule has 10 heteroatoms. The Balaban J connectivity index is 1.18. The molecule has 4 nitrogen and oxygen atoms in total. The maximum atomic E-state index is 5.32. The lowest BCUT2D eigenvalue weighted by Gasteiger charge is -2.20. The van der Waals surface area contributed by atoms with Gasteiger partial charge in [-0.05, 0) is 59.7 Å². The van der Waals surface area contributed by atoms with Crippen LogP contribution in [0.5, 0.6) is 0 Å². The number of hydrogen-bond donors (Lipinski definition) is 0. The van der Waals surface area contributed by atoms with Crippen LogP contribution in [0, 0.1) is 0 Å². The quantitative estimate of drug-likeness (QED) is 0.257. The molecule has 7 aromatic carbocycles. The predicted octanol–water partition coefficient (Wildman–Crippen LogP) is 3.30. The molecule has 3 aromatic heterocycles. The van der Waals surface area contributed by atoms with E-state index in [9.17, 15) is 0 Å². The number of rotatable bonds is 5. The fourth-order valence-electron chi connectivity index (χ4n) is 8.36. The van der Waals surface area contributed by atoms with Crippen molar-refractivity contribution in [2.45, 2.75) is 0 Å². The molecule has 10 aromatic rings. The normalized spacial score (nSPS) is 11.6. The number of aromatic nitrogens is 4. The summed E-state index contributed by atoms with van der Waals surface area (Å²) < 4.78 is 4.82. The summed E-state index contributed by atoms with van der Waals surface area (Å²) in [4.78, 5) is 15.7. The van der Waals surface area contributed by atoms with Crippen LogP contribution in [-0.4, -0.2) is 58.8 Å². The first kappa shape index (κ1) is 33.5. The van der Waals surface area contributed by atoms with E-state index < -0.39 is 0 Å². The van der Waals surface area contributed by atoms with Gasteiger partial charge in [0.2, 0.25) is 0 Å². The van der Waals surface area contributed by atoms with Gasteiger partial charge in [0, 0.05) is 53.3 Å². The highest BCUT2D eigenvalue weighted by Gasteiger charge is 2.21. The smallest absolute Gasteiger partial charge is 0.164 e. The van der Waals surface area contributed by atoms with Crippen molar-refractivity contribution in [1.29, 1.82) is 0 Å². The summed E-state index contributed by atoms with van der Waals surface area (Å²) in [5, 5.41) is 4.87. The molecule has 0 aliphatic heterocycles. The molecule has 0 radical (unpaired) electrons. The van der Waals surface area contributed by atoms with E-state index in [0.29, 0.717) is 17.5 Å². The molecule has 0 fully saturated rings. The Morgan fingerprint density at radius 2 is 1.02 bits per heavy atom. The Hall–Kier alpha value is -6.11. The molecule has 55 heavy (non-hydrogen) atoms. The molecule has 0 aliphatic carbocycles. The number of para-hydroxylation sites is 2. The highest BCUT2D eigenvalue weighted by atomic mass is 32.1. The van der Waals surface area contributed by atoms with Crippen LogP contribution >= 0.6 is 11.3 Å². The molecule has 0 saturated heterocycles. The molecule has 10 rings (SSSR count). The van der Waals surface area contributed by atoms with E-state index in [4.69, 9.17) is 15.0 Å². The van der Waals surface area contributed by atoms with Gasteiger partial charge in [-0.15, -0.1) is 27.7 Å². The average molecular weight is 716 g/mol. The zero-order valence-electron chi connectivity index (χ0n) is 31.5. The van der Waals surface area contributed by atoms with Crippen LogP contribution in [0.1, 0.15) is 0 Å². The molecule has 0 atom stereocenters. The van der Waals surface area contributed by atoms with Gasteiger partial charge in [-0.3, -0.25) is 0 Å². The molecule has 0 aliphatic rings. The lowest BCUT2D eigenvalue weighted by Crippen LogP contribution is -2.55. The van der Waals surface area contributed by atoms with E-state index in [-0.39, 0.29) is 0 Å². The van der Waals surface area contributed by atoms with Crippen LogP contribution in [0.3, 0.4) is 0 Å². The number of hydrogen-bond acceptors (Lipinski definition) is 4. The molecule has 0 spiro atoms. The zero-order chi connectivity index (χ0) is 37.4. The van der Waals surface area contributed by atoms with E-state index in [2.05, 4.69) is 165 Å². The van der Waals surface area contributed by atoms with Crippen molar-refractivity contribution in [3.63, 3.8) is 0 Å². The summed E-state index contributed by atoms with van der Waals surface area (Å²) in [5.41, 5.74) is 15.3. The molecular weight excluding hydrogens is 683 g/mol. The van der Waals surface area contributed by atoms with E-state index >= 15 is 0 Å². The fraction of sp³-hybridized carbons (Fsp3) is 0. The summed E-state index contributed by atoms with van der Waals surface area (Å²) in [6, 6.07) is 49.9. The molecule has 254 valence electrons. The van der Waals surface area contributed by atoms with E-state index in [1.165, 1.54) is 80.4 Å².